The van der Waals surface area contributed by atoms with Gasteiger partial charge in [-0.2, -0.15) is 0 Å². The number of hydrogen-bond donors (Lipinski definition) is 0. The van der Waals surface area contributed by atoms with Crippen LogP contribution in [0.4, 0.5) is 0 Å². The van der Waals surface area contributed by atoms with Gasteiger partial charge in [0, 0.05) is 18.7 Å². The van der Waals surface area contributed by atoms with Crippen LogP contribution < -0.4 is 0 Å². The number of ether oxygens (including phenoxy) is 1. The number of morpholine rings is 1. The van der Waals surface area contributed by atoms with Crippen LogP contribution in [-0.4, -0.2) is 36.6 Å². The highest BCUT2D eigenvalue weighted by Gasteiger charge is 2.23. The molecule has 3 heteroatoms. The normalized spacial score (nSPS) is 19.2. The van der Waals surface area contributed by atoms with E-state index >= 15 is 0 Å². The topological polar surface area (TPSA) is 29.5 Å². The molecule has 1 aliphatic heterocycles. The number of nitrogens with zero attached hydrogens (tertiary/aromatic N) is 1. The van der Waals surface area contributed by atoms with E-state index in [0.717, 1.165) is 22.8 Å². The van der Waals surface area contributed by atoms with Gasteiger partial charge in [0.1, 0.15) is 0 Å². The predicted octanol–water partition coefficient (Wildman–Crippen LogP) is 3.09. The Bertz CT molecular complexity index is 623. The molecule has 0 saturated carbocycles. The second kappa shape index (κ2) is 5.63. The Kier molecular flexibility index (Phi) is 3.70. The van der Waals surface area contributed by atoms with Gasteiger partial charge in [0.15, 0.2) is 0 Å². The van der Waals surface area contributed by atoms with Gasteiger partial charge in [-0.15, -0.1) is 0 Å². The lowest BCUT2D eigenvalue weighted by Gasteiger charge is -2.32. The van der Waals surface area contributed by atoms with Gasteiger partial charge >= 0.3 is 0 Å². The van der Waals surface area contributed by atoms with Crippen molar-refractivity contribution in [1.29, 1.82) is 0 Å². The van der Waals surface area contributed by atoms with Gasteiger partial charge in [-0.05, 0) is 29.3 Å². The maximum atomic E-state index is 12.6. The van der Waals surface area contributed by atoms with Crippen molar-refractivity contribution in [3.8, 4) is 0 Å². The molecule has 2 aromatic carbocycles. The largest absolute Gasteiger partial charge is 0.375 e. The van der Waals surface area contributed by atoms with Crippen molar-refractivity contribution in [2.45, 2.75) is 19.4 Å². The Labute approximate surface area is 119 Å². The third-order valence-corrected chi connectivity index (χ3v) is 3.88. The number of carbonyl (C=O) groups is 1. The molecule has 104 valence electrons. The molecule has 1 atom stereocenters. The molecule has 1 fully saturated rings. The van der Waals surface area contributed by atoms with E-state index < -0.39 is 0 Å². The average Bonchev–Trinajstić information content (AvgIpc) is 2.53. The smallest absolute Gasteiger partial charge is 0.254 e. The molecule has 1 heterocycles. The third kappa shape index (κ3) is 2.54. The number of benzene rings is 2. The Morgan fingerprint density at radius 2 is 2.05 bits per heavy atom. The molecule has 3 nitrogen and oxygen atoms in total. The van der Waals surface area contributed by atoms with E-state index in [-0.39, 0.29) is 12.0 Å². The summed E-state index contributed by atoms with van der Waals surface area (Å²) in [5, 5.41) is 2.27. The summed E-state index contributed by atoms with van der Waals surface area (Å²) >= 11 is 0. The zero-order valence-electron chi connectivity index (χ0n) is 11.7. The van der Waals surface area contributed by atoms with E-state index in [1.54, 1.807) is 0 Å². The van der Waals surface area contributed by atoms with Crippen molar-refractivity contribution in [1.82, 2.24) is 4.90 Å². The molecule has 3 rings (SSSR count). The zero-order valence-corrected chi connectivity index (χ0v) is 11.7. The maximum absolute atomic E-state index is 12.6. The molecule has 0 N–H and O–H groups in total. The van der Waals surface area contributed by atoms with Crippen LogP contribution >= 0.6 is 0 Å². The third-order valence-electron chi connectivity index (χ3n) is 3.88. The van der Waals surface area contributed by atoms with Crippen molar-refractivity contribution in [2.24, 2.45) is 0 Å². The Morgan fingerprint density at radius 3 is 2.85 bits per heavy atom. The molecule has 0 aromatic heterocycles. The summed E-state index contributed by atoms with van der Waals surface area (Å²) in [5.41, 5.74) is 0.764. The predicted molar refractivity (Wildman–Crippen MR) is 79.9 cm³/mol. The van der Waals surface area contributed by atoms with E-state index in [9.17, 15) is 4.79 Å². The Hall–Kier alpha value is -1.87. The summed E-state index contributed by atoms with van der Waals surface area (Å²) in [7, 11) is 0. The lowest BCUT2D eigenvalue weighted by atomic mass is 10.1. The van der Waals surface area contributed by atoms with Crippen molar-refractivity contribution >= 4 is 16.7 Å². The highest BCUT2D eigenvalue weighted by atomic mass is 16.5. The van der Waals surface area contributed by atoms with Gasteiger partial charge in [-0.3, -0.25) is 4.79 Å². The van der Waals surface area contributed by atoms with Crippen LogP contribution in [0, 0.1) is 0 Å². The number of fused-ring (bicyclic) bond motifs is 1. The lowest BCUT2D eigenvalue weighted by Crippen LogP contribution is -2.45. The van der Waals surface area contributed by atoms with Crippen LogP contribution in [0.15, 0.2) is 42.5 Å². The van der Waals surface area contributed by atoms with Gasteiger partial charge in [0.05, 0.1) is 12.7 Å². The van der Waals surface area contributed by atoms with Crippen molar-refractivity contribution < 1.29 is 9.53 Å². The van der Waals surface area contributed by atoms with E-state index in [1.807, 2.05) is 41.3 Å². The van der Waals surface area contributed by atoms with E-state index in [2.05, 4.69) is 13.0 Å². The fourth-order valence-electron chi connectivity index (χ4n) is 2.66. The molecule has 20 heavy (non-hydrogen) atoms. The summed E-state index contributed by atoms with van der Waals surface area (Å²) in [6, 6.07) is 14.0. The first-order valence-electron chi connectivity index (χ1n) is 7.17. The fourth-order valence-corrected chi connectivity index (χ4v) is 2.66. The standard InChI is InChI=1S/C17H19NO2/c1-2-16-12-18(9-10-20-16)17(19)15-8-7-13-5-3-4-6-14(13)11-15/h3-8,11,16H,2,9-10,12H2,1H3. The van der Waals surface area contributed by atoms with Gasteiger partial charge in [-0.25, -0.2) is 0 Å². The minimum atomic E-state index is 0.109. The van der Waals surface area contributed by atoms with Crippen LogP contribution in [-0.2, 0) is 4.74 Å². The fraction of sp³-hybridized carbons (Fsp3) is 0.353. The van der Waals surface area contributed by atoms with Crippen LogP contribution in [0.3, 0.4) is 0 Å². The molecule has 0 bridgehead atoms. The summed E-state index contributed by atoms with van der Waals surface area (Å²) in [6.07, 6.45) is 1.12. The number of amides is 1. The maximum Gasteiger partial charge on any atom is 0.254 e. The second-order valence-corrected chi connectivity index (χ2v) is 5.21. The summed E-state index contributed by atoms with van der Waals surface area (Å²) in [6.45, 7) is 4.11. The van der Waals surface area contributed by atoms with Crippen LogP contribution in [0.25, 0.3) is 10.8 Å². The summed E-state index contributed by atoms with van der Waals surface area (Å²) in [4.78, 5) is 14.5. The first-order chi connectivity index (χ1) is 9.78. The second-order valence-electron chi connectivity index (χ2n) is 5.21. The minimum absolute atomic E-state index is 0.109. The lowest BCUT2D eigenvalue weighted by molar-refractivity contribution is -0.0226. The van der Waals surface area contributed by atoms with Crippen LogP contribution in [0.1, 0.15) is 23.7 Å². The van der Waals surface area contributed by atoms with E-state index in [0.29, 0.717) is 19.7 Å². The van der Waals surface area contributed by atoms with Gasteiger partial charge in [0.25, 0.3) is 5.91 Å². The van der Waals surface area contributed by atoms with Crippen LogP contribution in [0.5, 0.6) is 0 Å². The highest BCUT2D eigenvalue weighted by Crippen LogP contribution is 2.18. The molecule has 0 aliphatic carbocycles. The zero-order chi connectivity index (χ0) is 13.9. The van der Waals surface area contributed by atoms with Gasteiger partial charge in [0.2, 0.25) is 0 Å². The van der Waals surface area contributed by atoms with Crippen LogP contribution in [0.2, 0.25) is 0 Å². The molecular weight excluding hydrogens is 250 g/mol. The Balaban J connectivity index is 1.84. The minimum Gasteiger partial charge on any atom is -0.375 e. The average molecular weight is 269 g/mol. The number of carbonyl (C=O) groups excluding carboxylic acids is 1. The molecular formula is C17H19NO2. The monoisotopic (exact) mass is 269 g/mol. The van der Waals surface area contributed by atoms with E-state index in [4.69, 9.17) is 4.74 Å². The molecule has 1 unspecified atom stereocenters. The van der Waals surface area contributed by atoms with Crippen molar-refractivity contribution in [3.63, 3.8) is 0 Å². The first-order valence-corrected chi connectivity index (χ1v) is 7.17. The summed E-state index contributed by atoms with van der Waals surface area (Å²) < 4.78 is 5.62. The number of rotatable bonds is 2. The van der Waals surface area contributed by atoms with Gasteiger partial charge in [-0.1, -0.05) is 37.3 Å². The quantitative estimate of drug-likeness (QED) is 0.838. The van der Waals surface area contributed by atoms with Crippen molar-refractivity contribution in [3.05, 3.63) is 48.0 Å². The summed E-state index contributed by atoms with van der Waals surface area (Å²) in [5.74, 6) is 0.109. The SMILES string of the molecule is CCC1CN(C(=O)c2ccc3ccccc3c2)CCO1. The molecule has 1 aliphatic rings. The molecule has 0 spiro atoms. The molecule has 1 amide bonds. The first kappa shape index (κ1) is 13.1. The molecule has 2 aromatic rings. The van der Waals surface area contributed by atoms with E-state index in [1.165, 1.54) is 0 Å². The number of hydrogen-bond acceptors (Lipinski definition) is 2. The van der Waals surface area contributed by atoms with Crippen molar-refractivity contribution in [2.75, 3.05) is 19.7 Å². The Morgan fingerprint density at radius 1 is 1.25 bits per heavy atom. The molecule has 0 radical (unpaired) electrons. The molecule has 1 saturated heterocycles. The highest BCUT2D eigenvalue weighted by molar-refractivity contribution is 5.98. The van der Waals surface area contributed by atoms with Gasteiger partial charge < -0.3 is 9.64 Å².